The molecule has 0 aromatic carbocycles. The van der Waals surface area contributed by atoms with Gasteiger partial charge in [0.25, 0.3) is 0 Å². The standard InChI is InChI=1S/C15H28O2/c1-7-14(5,8-2)12(16)11-13(17)15(6,9-3)10-4/h11,16H,7-10H2,1-6H3/b12-11-. The van der Waals surface area contributed by atoms with Crippen LogP contribution in [0.2, 0.25) is 0 Å². The quantitative estimate of drug-likeness (QED) is 0.519. The highest BCUT2D eigenvalue weighted by Gasteiger charge is 2.31. The summed E-state index contributed by atoms with van der Waals surface area (Å²) in [4.78, 5) is 12.2. The van der Waals surface area contributed by atoms with E-state index in [2.05, 4.69) is 0 Å². The Morgan fingerprint density at radius 2 is 1.29 bits per heavy atom. The highest BCUT2D eigenvalue weighted by atomic mass is 16.3. The summed E-state index contributed by atoms with van der Waals surface area (Å²) in [6, 6.07) is 0. The van der Waals surface area contributed by atoms with Gasteiger partial charge in [0.2, 0.25) is 0 Å². The van der Waals surface area contributed by atoms with Crippen molar-refractivity contribution in [2.75, 3.05) is 0 Å². The average Bonchev–Trinajstić information content (AvgIpc) is 2.36. The number of hydrogen-bond donors (Lipinski definition) is 1. The van der Waals surface area contributed by atoms with Crippen LogP contribution in [0.1, 0.15) is 67.2 Å². The van der Waals surface area contributed by atoms with E-state index in [0.717, 1.165) is 25.7 Å². The van der Waals surface area contributed by atoms with E-state index in [0.29, 0.717) is 0 Å². The zero-order valence-corrected chi connectivity index (χ0v) is 12.3. The Balaban J connectivity index is 5.10. The second kappa shape index (κ2) is 6.23. The summed E-state index contributed by atoms with van der Waals surface area (Å²) in [7, 11) is 0. The zero-order valence-electron chi connectivity index (χ0n) is 12.3. The highest BCUT2D eigenvalue weighted by Crippen LogP contribution is 2.34. The van der Waals surface area contributed by atoms with Crippen LogP contribution in [0.5, 0.6) is 0 Å². The Morgan fingerprint density at radius 3 is 1.59 bits per heavy atom. The lowest BCUT2D eigenvalue weighted by molar-refractivity contribution is -0.123. The predicted octanol–water partition coefficient (Wildman–Crippen LogP) is 4.65. The summed E-state index contributed by atoms with van der Waals surface area (Å²) in [5.74, 6) is 0.286. The van der Waals surface area contributed by atoms with E-state index in [9.17, 15) is 9.90 Å². The third-order valence-electron chi connectivity index (χ3n) is 4.60. The van der Waals surface area contributed by atoms with Gasteiger partial charge in [-0.25, -0.2) is 0 Å². The first-order chi connectivity index (χ1) is 7.79. The van der Waals surface area contributed by atoms with Crippen molar-refractivity contribution in [3.63, 3.8) is 0 Å². The van der Waals surface area contributed by atoms with E-state index in [1.54, 1.807) is 0 Å². The number of carbonyl (C=O) groups excluding carboxylic acids is 1. The molecule has 1 N–H and O–H groups in total. The molecule has 0 aliphatic carbocycles. The first-order valence-corrected chi connectivity index (χ1v) is 6.75. The minimum absolute atomic E-state index is 0.0492. The number of allylic oxidation sites excluding steroid dienone is 2. The molecule has 0 atom stereocenters. The molecule has 0 saturated heterocycles. The molecule has 0 amide bonds. The van der Waals surface area contributed by atoms with E-state index < -0.39 is 0 Å². The first kappa shape index (κ1) is 16.2. The van der Waals surface area contributed by atoms with Crippen molar-refractivity contribution >= 4 is 5.78 Å². The largest absolute Gasteiger partial charge is 0.512 e. The van der Waals surface area contributed by atoms with Crippen LogP contribution in [0.4, 0.5) is 0 Å². The van der Waals surface area contributed by atoms with Crippen molar-refractivity contribution in [2.45, 2.75) is 67.2 Å². The molecule has 2 nitrogen and oxygen atoms in total. The third kappa shape index (κ3) is 3.58. The summed E-state index contributed by atoms with van der Waals surface area (Å²) < 4.78 is 0. The van der Waals surface area contributed by atoms with Crippen LogP contribution in [0.25, 0.3) is 0 Å². The normalized spacial score (nSPS) is 13.9. The number of rotatable bonds is 7. The first-order valence-electron chi connectivity index (χ1n) is 6.75. The van der Waals surface area contributed by atoms with Crippen LogP contribution >= 0.6 is 0 Å². The topological polar surface area (TPSA) is 37.3 Å². The fourth-order valence-electron chi connectivity index (χ4n) is 1.68. The molecule has 0 bridgehead atoms. The van der Waals surface area contributed by atoms with Crippen LogP contribution in [0.15, 0.2) is 11.8 Å². The van der Waals surface area contributed by atoms with Gasteiger partial charge in [-0.15, -0.1) is 0 Å². The van der Waals surface area contributed by atoms with Crippen molar-refractivity contribution < 1.29 is 9.90 Å². The van der Waals surface area contributed by atoms with Crippen molar-refractivity contribution in [3.05, 3.63) is 11.8 Å². The molecular formula is C15H28O2. The molecule has 0 radical (unpaired) electrons. The molecule has 0 heterocycles. The molecule has 0 unspecified atom stereocenters. The monoisotopic (exact) mass is 240 g/mol. The Labute approximate surface area is 106 Å². The Kier molecular flexibility index (Phi) is 5.94. The molecule has 0 rings (SSSR count). The lowest BCUT2D eigenvalue weighted by Crippen LogP contribution is -2.26. The third-order valence-corrected chi connectivity index (χ3v) is 4.60. The summed E-state index contributed by atoms with van der Waals surface area (Å²) in [6.45, 7) is 12.1. The Bertz CT molecular complexity index is 281. The molecule has 0 fully saturated rings. The average molecular weight is 240 g/mol. The van der Waals surface area contributed by atoms with Crippen molar-refractivity contribution in [1.29, 1.82) is 0 Å². The predicted molar refractivity (Wildman–Crippen MR) is 73.1 cm³/mol. The Hall–Kier alpha value is -0.790. The molecule has 0 aromatic rings. The number of carbonyl (C=O) groups is 1. The minimum atomic E-state index is -0.337. The summed E-state index contributed by atoms with van der Waals surface area (Å²) in [5.41, 5.74) is -0.603. The number of aliphatic hydroxyl groups excluding tert-OH is 1. The highest BCUT2D eigenvalue weighted by molar-refractivity contribution is 5.94. The number of hydrogen-bond acceptors (Lipinski definition) is 2. The second-order valence-electron chi connectivity index (χ2n) is 5.43. The molecule has 100 valence electrons. The van der Waals surface area contributed by atoms with Gasteiger partial charge in [0.15, 0.2) is 5.78 Å². The van der Waals surface area contributed by atoms with E-state index in [4.69, 9.17) is 0 Å². The van der Waals surface area contributed by atoms with Crippen molar-refractivity contribution in [2.24, 2.45) is 10.8 Å². The van der Waals surface area contributed by atoms with E-state index in [1.807, 2.05) is 41.5 Å². The maximum Gasteiger partial charge on any atom is 0.164 e. The fourth-order valence-corrected chi connectivity index (χ4v) is 1.68. The van der Waals surface area contributed by atoms with Crippen LogP contribution in [-0.4, -0.2) is 10.9 Å². The van der Waals surface area contributed by atoms with Crippen LogP contribution in [0, 0.1) is 10.8 Å². The minimum Gasteiger partial charge on any atom is -0.512 e. The van der Waals surface area contributed by atoms with Gasteiger partial charge in [0.1, 0.15) is 5.76 Å². The maximum atomic E-state index is 12.2. The smallest absolute Gasteiger partial charge is 0.164 e. The van der Waals surface area contributed by atoms with Crippen molar-refractivity contribution in [3.8, 4) is 0 Å². The van der Waals surface area contributed by atoms with Gasteiger partial charge in [-0.05, 0) is 25.7 Å². The number of ketones is 1. The van der Waals surface area contributed by atoms with E-state index >= 15 is 0 Å². The van der Waals surface area contributed by atoms with Crippen LogP contribution in [0.3, 0.4) is 0 Å². The molecule has 0 spiro atoms. The van der Waals surface area contributed by atoms with E-state index in [1.165, 1.54) is 6.08 Å². The zero-order chi connectivity index (χ0) is 13.7. The van der Waals surface area contributed by atoms with Gasteiger partial charge < -0.3 is 5.11 Å². The molecular weight excluding hydrogens is 212 g/mol. The van der Waals surface area contributed by atoms with Gasteiger partial charge in [-0.2, -0.15) is 0 Å². The second-order valence-corrected chi connectivity index (χ2v) is 5.43. The lowest BCUT2D eigenvalue weighted by Gasteiger charge is -2.28. The number of aliphatic hydroxyl groups is 1. The Morgan fingerprint density at radius 1 is 0.941 bits per heavy atom. The van der Waals surface area contributed by atoms with Gasteiger partial charge in [0.05, 0.1) is 0 Å². The molecule has 17 heavy (non-hydrogen) atoms. The van der Waals surface area contributed by atoms with Gasteiger partial charge in [0, 0.05) is 16.9 Å². The van der Waals surface area contributed by atoms with Crippen molar-refractivity contribution in [1.82, 2.24) is 0 Å². The molecule has 0 aromatic heterocycles. The summed E-state index contributed by atoms with van der Waals surface area (Å²) >= 11 is 0. The van der Waals surface area contributed by atoms with Gasteiger partial charge in [-0.3, -0.25) is 4.79 Å². The summed E-state index contributed by atoms with van der Waals surface area (Å²) in [6.07, 6.45) is 4.75. The molecule has 2 heteroatoms. The van der Waals surface area contributed by atoms with Crippen LogP contribution < -0.4 is 0 Å². The fraction of sp³-hybridized carbons (Fsp3) is 0.800. The SMILES string of the molecule is CCC(C)(CC)C(=O)/C=C(\O)C(C)(CC)CC. The van der Waals surface area contributed by atoms with Crippen LogP contribution in [-0.2, 0) is 4.79 Å². The molecule has 0 saturated carbocycles. The summed E-state index contributed by atoms with van der Waals surface area (Å²) in [5, 5.41) is 10.1. The molecule has 0 aliphatic rings. The maximum absolute atomic E-state index is 12.2. The van der Waals surface area contributed by atoms with E-state index in [-0.39, 0.29) is 22.4 Å². The van der Waals surface area contributed by atoms with Gasteiger partial charge >= 0.3 is 0 Å². The lowest BCUT2D eigenvalue weighted by atomic mass is 9.77. The van der Waals surface area contributed by atoms with Gasteiger partial charge in [-0.1, -0.05) is 41.5 Å². The molecule has 0 aliphatic heterocycles.